The van der Waals surface area contributed by atoms with Crippen LogP contribution in [0.1, 0.15) is 91.9 Å². The molecule has 3 aliphatic heterocycles. The van der Waals surface area contributed by atoms with Crippen molar-refractivity contribution in [2.75, 3.05) is 27.4 Å². The molecule has 1 saturated carbocycles. The van der Waals surface area contributed by atoms with Gasteiger partial charge < -0.3 is 79.9 Å². The molecular weight excluding hydrogens is 1030 g/mol. The zero-order valence-electron chi connectivity index (χ0n) is 43.8. The van der Waals surface area contributed by atoms with Gasteiger partial charge in [0, 0.05) is 66.3 Å². The normalized spacial score (nSPS) is 31.5. The van der Waals surface area contributed by atoms with Gasteiger partial charge in [-0.1, -0.05) is 0 Å². The van der Waals surface area contributed by atoms with Crippen molar-refractivity contribution in [3.63, 3.8) is 0 Å². The Morgan fingerprint density at radius 1 is 0.623 bits per heavy atom. The summed E-state index contributed by atoms with van der Waals surface area (Å²) < 4.78 is 32.1. The molecule has 1 aliphatic carbocycles. The van der Waals surface area contributed by atoms with Crippen molar-refractivity contribution in [3.8, 4) is 0 Å². The molecule has 32 heteroatoms. The van der Waals surface area contributed by atoms with E-state index in [0.29, 0.717) is 32.1 Å². The molecule has 442 valence electrons. The summed E-state index contributed by atoms with van der Waals surface area (Å²) in [4.78, 5) is 92.8. The molecule has 3 heterocycles. The lowest BCUT2D eigenvalue weighted by molar-refractivity contribution is -0.258. The highest BCUT2D eigenvalue weighted by molar-refractivity contribution is 5.93. The van der Waals surface area contributed by atoms with Gasteiger partial charge in [0.2, 0.25) is 35.4 Å². The van der Waals surface area contributed by atoms with Gasteiger partial charge in [-0.2, -0.15) is 0 Å². The van der Waals surface area contributed by atoms with E-state index in [1.807, 2.05) is 10.9 Å². The van der Waals surface area contributed by atoms with Crippen LogP contribution in [0.15, 0.2) is 11.8 Å². The van der Waals surface area contributed by atoms with Gasteiger partial charge in [0.1, 0.15) is 54.9 Å². The van der Waals surface area contributed by atoms with Crippen LogP contribution in [0.4, 0.5) is 0 Å². The van der Waals surface area contributed by atoms with Gasteiger partial charge in [-0.15, -0.1) is 0 Å². The third kappa shape index (κ3) is 21.8. The molecule has 2 saturated heterocycles. The van der Waals surface area contributed by atoms with E-state index in [9.17, 15) is 74.1 Å². The van der Waals surface area contributed by atoms with Crippen LogP contribution in [0.3, 0.4) is 0 Å². The molecule has 77 heavy (non-hydrogen) atoms. The first kappa shape index (κ1) is 67.8. The van der Waals surface area contributed by atoms with E-state index in [0.717, 1.165) is 0 Å². The summed E-state index contributed by atoms with van der Waals surface area (Å²) in [5.41, 5.74) is 12.9. The van der Waals surface area contributed by atoms with Crippen LogP contribution in [0.2, 0.25) is 0 Å². The Balaban J connectivity index is 0.000000446. The van der Waals surface area contributed by atoms with E-state index in [2.05, 4.69) is 32.3 Å². The van der Waals surface area contributed by atoms with Crippen LogP contribution >= 0.6 is 0 Å². The summed E-state index contributed by atoms with van der Waals surface area (Å²) >= 11 is 0. The number of carbonyl (C=O) groups is 8. The zero-order valence-corrected chi connectivity index (χ0v) is 43.8. The first-order valence-corrected chi connectivity index (χ1v) is 24.8. The minimum Gasteiger partial charge on any atom is -0.483 e. The maximum absolute atomic E-state index is 12.8. The van der Waals surface area contributed by atoms with E-state index >= 15 is 0 Å². The molecule has 32 nitrogen and oxygen atoms in total. The van der Waals surface area contributed by atoms with Crippen molar-refractivity contribution in [2.24, 2.45) is 17.6 Å². The monoisotopic (exact) mass is 1110 g/mol. The lowest BCUT2D eigenvalue weighted by Crippen LogP contribution is -2.67. The SMILES string of the molecule is COC1C(O)C(CO)CC(OC2C(O)C(C(=O)NNC(=O)CCCCC(=O)NN)O[C@H](C)C2O)C1NC(C)=O.COC1C(O)C(CO)OC(O)C1NC(C)=O.C[C@H]1OC(C(=O)NNC(=O)CCCCC(=O)NN)=CCC1O. The van der Waals surface area contributed by atoms with Crippen molar-refractivity contribution in [1.29, 1.82) is 0 Å². The second-order valence-corrected chi connectivity index (χ2v) is 18.4. The number of methoxy groups -OCH3 is 2. The number of nitrogens with one attached hydrogen (secondary N) is 8. The Morgan fingerprint density at radius 2 is 1.13 bits per heavy atom. The van der Waals surface area contributed by atoms with Crippen molar-refractivity contribution in [2.45, 2.75) is 190 Å². The fraction of sp³-hybridized carbons (Fsp3) is 0.778. The third-order valence-electron chi connectivity index (χ3n) is 12.6. The van der Waals surface area contributed by atoms with E-state index in [-0.39, 0.29) is 61.5 Å². The van der Waals surface area contributed by atoms with Crippen molar-refractivity contribution < 1.29 is 108 Å². The van der Waals surface area contributed by atoms with E-state index in [1.54, 1.807) is 6.92 Å². The Kier molecular flexibility index (Phi) is 30.4. The molecule has 3 fully saturated rings. The van der Waals surface area contributed by atoms with Crippen LogP contribution < -0.4 is 54.9 Å². The maximum atomic E-state index is 12.8. The number of nitrogens with two attached hydrogens (primary N) is 2. The standard InChI is InChI=1S/C23H41N5O11.C13H22N4O5.C9H17NO6/c1-10-17(33)21(39-13-8-12(9-29)18(34)20(37-3)16(13)25-11(2)30)19(35)22(38-10)23(36)28-27-15(32)7-5-4-6-14(31)26-24;1-8-9(18)6-7-10(22-8)13(21)17-16-12(20)5-3-2-4-11(19)15-14;1-4(12)10-6-8(15-2)7(13)5(3-11)16-9(6)14/h10,12-13,16-22,29,33-35H,4-9,24H2,1-3H3,(H,25,30)(H,26,31)(H,27,32)(H,28,36);7-9,18H,2-6,14H2,1H3,(H,15,19)(H,16,20)(H,17,21);5-9,11,13-14H,3H2,1-2H3,(H,10,12)/t10-,12?,13?,16?,17?,18?,19?,20?,21?,22?;8-,9?;/m11./s1. The van der Waals surface area contributed by atoms with Crippen LogP contribution in [-0.4, -0.2) is 213 Å². The quantitative estimate of drug-likeness (QED) is 0.0233. The predicted octanol–water partition coefficient (Wildman–Crippen LogP) is -7.85. The highest BCUT2D eigenvalue weighted by Gasteiger charge is 2.52. The molecule has 0 spiro atoms. The van der Waals surface area contributed by atoms with Gasteiger partial charge in [-0.3, -0.25) is 70.9 Å². The number of hydrogen-bond acceptors (Lipinski definition) is 24. The Hall–Kier alpha value is -5.30. The number of amides is 8. The molecule has 0 radical (unpaired) electrons. The molecule has 0 bridgehead atoms. The summed E-state index contributed by atoms with van der Waals surface area (Å²) in [6.45, 7) is 4.82. The largest absolute Gasteiger partial charge is 0.483 e. The third-order valence-corrected chi connectivity index (χ3v) is 12.6. The number of aliphatic hydroxyl groups excluding tert-OH is 8. The lowest BCUT2D eigenvalue weighted by Gasteiger charge is -2.47. The van der Waals surface area contributed by atoms with Crippen molar-refractivity contribution in [1.82, 2.24) is 43.2 Å². The van der Waals surface area contributed by atoms with Crippen LogP contribution in [0.25, 0.3) is 0 Å². The average Bonchev–Trinajstić information content (AvgIpc) is 3.39. The highest BCUT2D eigenvalue weighted by atomic mass is 16.6. The van der Waals surface area contributed by atoms with Gasteiger partial charge in [0.15, 0.2) is 18.2 Å². The van der Waals surface area contributed by atoms with Crippen molar-refractivity contribution >= 4 is 47.3 Å². The van der Waals surface area contributed by atoms with Gasteiger partial charge in [0.05, 0.1) is 37.1 Å². The van der Waals surface area contributed by atoms with E-state index in [4.69, 9.17) is 45.2 Å². The van der Waals surface area contributed by atoms with Gasteiger partial charge in [-0.25, -0.2) is 11.7 Å². The van der Waals surface area contributed by atoms with E-state index in [1.165, 1.54) is 41.1 Å². The van der Waals surface area contributed by atoms with Crippen molar-refractivity contribution in [3.05, 3.63) is 11.8 Å². The number of aliphatic hydroxyl groups is 8. The fourth-order valence-corrected chi connectivity index (χ4v) is 8.36. The summed E-state index contributed by atoms with van der Waals surface area (Å²) in [5, 5.41) is 84.8. The number of unbranched alkanes of at least 4 members (excludes halogenated alkanes) is 2. The summed E-state index contributed by atoms with van der Waals surface area (Å²) in [7, 11) is 2.67. The Bertz CT molecular complexity index is 1940. The summed E-state index contributed by atoms with van der Waals surface area (Å²) in [5.74, 6) is 5.45. The molecule has 4 rings (SSSR count). The van der Waals surface area contributed by atoms with Gasteiger partial charge in [0.25, 0.3) is 5.91 Å². The van der Waals surface area contributed by atoms with Gasteiger partial charge >= 0.3 is 5.91 Å². The highest BCUT2D eigenvalue weighted by Crippen LogP contribution is 2.33. The Morgan fingerprint density at radius 3 is 1.61 bits per heavy atom. The molecule has 0 aromatic heterocycles. The molecule has 8 amide bonds. The van der Waals surface area contributed by atoms with Gasteiger partial charge in [-0.05, 0) is 58.4 Å². The smallest absolute Gasteiger partial charge is 0.304 e. The molecule has 0 aromatic rings. The average molecular weight is 1110 g/mol. The number of rotatable bonds is 20. The van der Waals surface area contributed by atoms with Crippen LogP contribution in [0.5, 0.6) is 0 Å². The Labute approximate surface area is 443 Å². The zero-order chi connectivity index (χ0) is 58.1. The van der Waals surface area contributed by atoms with Crippen LogP contribution in [0, 0.1) is 5.92 Å². The predicted molar refractivity (Wildman–Crippen MR) is 260 cm³/mol. The first-order chi connectivity index (χ1) is 36.4. The summed E-state index contributed by atoms with van der Waals surface area (Å²) in [6, 6.07) is -1.76. The maximum Gasteiger partial charge on any atom is 0.304 e. The number of hydrazine groups is 4. The minimum atomic E-state index is -1.69. The molecule has 17 atom stereocenters. The lowest BCUT2D eigenvalue weighted by atomic mass is 9.79. The second kappa shape index (κ2) is 34.6. The molecule has 0 aromatic carbocycles. The second-order valence-electron chi connectivity index (χ2n) is 18.4. The molecule has 15 unspecified atom stereocenters. The number of carbonyl (C=O) groups excluding carboxylic acids is 8. The topological polar surface area (TPSA) is 502 Å². The number of ether oxygens (including phenoxy) is 6. The van der Waals surface area contributed by atoms with Crippen LogP contribution in [-0.2, 0) is 66.8 Å². The minimum absolute atomic E-state index is 0.0117. The molecule has 4 aliphatic rings. The van der Waals surface area contributed by atoms with E-state index < -0.39 is 140 Å². The fourth-order valence-electron chi connectivity index (χ4n) is 8.36. The molecule has 20 N–H and O–H groups in total. The molecular formula is C45H80N10O22. The number of hydrogen-bond donors (Lipinski definition) is 18. The first-order valence-electron chi connectivity index (χ1n) is 24.8. The summed E-state index contributed by atoms with van der Waals surface area (Å²) in [6.07, 6.45) is -11.1.